The van der Waals surface area contributed by atoms with Crippen molar-refractivity contribution in [3.8, 4) is 0 Å². The minimum atomic E-state index is -0.799. The topological polar surface area (TPSA) is 98.3 Å². The molecule has 7 nitrogen and oxygen atoms in total. The quantitative estimate of drug-likeness (QED) is 0.194. The number of aromatic amines is 1. The van der Waals surface area contributed by atoms with Gasteiger partial charge in [0.25, 0.3) is 0 Å². The van der Waals surface area contributed by atoms with Crippen LogP contribution in [0.3, 0.4) is 0 Å². The van der Waals surface area contributed by atoms with Crippen LogP contribution >= 0.6 is 0 Å². The first-order chi connectivity index (χ1) is 19.2. The van der Waals surface area contributed by atoms with Crippen LogP contribution in [0.1, 0.15) is 63.5 Å². The Morgan fingerprint density at radius 1 is 1.05 bits per heavy atom. The Kier molecular flexibility index (Phi) is 7.92. The summed E-state index contributed by atoms with van der Waals surface area (Å²) in [5, 5.41) is 13.4. The fourth-order valence-electron chi connectivity index (χ4n) is 5.99. The molecule has 0 aliphatic carbocycles. The number of amides is 1. The van der Waals surface area contributed by atoms with Crippen molar-refractivity contribution >= 4 is 40.2 Å². The molecule has 4 aromatic rings. The molecular formula is C33H38N4O3. The van der Waals surface area contributed by atoms with E-state index in [1.165, 1.54) is 5.56 Å². The number of aliphatic carboxylic acids is 1. The van der Waals surface area contributed by atoms with Crippen molar-refractivity contribution in [3.63, 3.8) is 0 Å². The Bertz CT molecular complexity index is 1450. The zero-order chi connectivity index (χ0) is 28.3. The first kappa shape index (κ1) is 27.4. The molecule has 0 radical (unpaired) electrons. The number of unbranched alkanes of at least 4 members (excludes halogenated alkanes) is 1. The molecule has 1 aliphatic heterocycles. The molecule has 208 valence electrons. The monoisotopic (exact) mass is 538 g/mol. The number of carboxylic acid groups (broad SMARTS) is 1. The van der Waals surface area contributed by atoms with E-state index in [-0.39, 0.29) is 11.8 Å². The number of H-pyrrole nitrogens is 1. The smallest absolute Gasteiger partial charge is 0.307 e. The van der Waals surface area contributed by atoms with Crippen LogP contribution < -0.4 is 10.2 Å². The molecule has 2 heterocycles. The van der Waals surface area contributed by atoms with Crippen molar-refractivity contribution in [2.75, 3.05) is 16.8 Å². The van der Waals surface area contributed by atoms with Gasteiger partial charge in [0.15, 0.2) is 0 Å². The number of aryl methyl sites for hydroxylation is 1. The van der Waals surface area contributed by atoms with Crippen LogP contribution in [0.4, 0.5) is 17.3 Å². The lowest BCUT2D eigenvalue weighted by atomic mass is 9.69. The summed E-state index contributed by atoms with van der Waals surface area (Å²) >= 11 is 0. The number of anilines is 3. The van der Waals surface area contributed by atoms with Crippen LogP contribution in [0.5, 0.6) is 0 Å². The predicted octanol–water partition coefficient (Wildman–Crippen LogP) is 7.29. The minimum absolute atomic E-state index is 0.0778. The van der Waals surface area contributed by atoms with Gasteiger partial charge < -0.3 is 20.3 Å². The standard InChI is InChI=1S/C33H38N4O3/c1-33(2,3)30(31(39)40)25-19-20-29(38)37(28-14-7-4-11-24(25)28)21-9-8-10-22-15-17-23(18-16-22)34-32-35-26-12-5-6-13-27(26)36-32/h4-7,11-18,25,30H,8-10,19-21H2,1-3H3,(H,39,40)(H2,34,35,36). The first-order valence-electron chi connectivity index (χ1n) is 14.1. The Morgan fingerprint density at radius 2 is 1.77 bits per heavy atom. The molecular weight excluding hydrogens is 500 g/mol. The second kappa shape index (κ2) is 11.5. The molecule has 1 aliphatic rings. The molecule has 2 unspecified atom stereocenters. The number of rotatable bonds is 9. The average molecular weight is 539 g/mol. The van der Waals surface area contributed by atoms with Gasteiger partial charge in [-0.3, -0.25) is 9.59 Å². The Balaban J connectivity index is 1.20. The number of hydrogen-bond acceptors (Lipinski definition) is 4. The molecule has 5 rings (SSSR count). The number of benzene rings is 3. The zero-order valence-electron chi connectivity index (χ0n) is 23.5. The van der Waals surface area contributed by atoms with Crippen molar-refractivity contribution in [2.45, 2.75) is 58.8 Å². The van der Waals surface area contributed by atoms with E-state index in [4.69, 9.17) is 0 Å². The number of hydrogen-bond donors (Lipinski definition) is 3. The molecule has 3 aromatic carbocycles. The van der Waals surface area contributed by atoms with Crippen LogP contribution in [0, 0.1) is 11.3 Å². The highest BCUT2D eigenvalue weighted by molar-refractivity contribution is 5.95. The van der Waals surface area contributed by atoms with E-state index in [1.807, 2.05) is 74.2 Å². The van der Waals surface area contributed by atoms with Gasteiger partial charge in [0.05, 0.1) is 17.0 Å². The normalized spacial score (nSPS) is 16.4. The molecule has 1 amide bonds. The van der Waals surface area contributed by atoms with Crippen molar-refractivity contribution in [1.29, 1.82) is 0 Å². The van der Waals surface area contributed by atoms with E-state index < -0.39 is 17.3 Å². The third-order valence-corrected chi connectivity index (χ3v) is 7.90. The van der Waals surface area contributed by atoms with Gasteiger partial charge in [-0.2, -0.15) is 0 Å². The molecule has 7 heteroatoms. The van der Waals surface area contributed by atoms with Gasteiger partial charge in [0.2, 0.25) is 11.9 Å². The number of imidazole rings is 1. The van der Waals surface area contributed by atoms with Gasteiger partial charge in [0, 0.05) is 30.3 Å². The second-order valence-corrected chi connectivity index (χ2v) is 11.8. The number of aromatic nitrogens is 2. The van der Waals surface area contributed by atoms with Gasteiger partial charge in [-0.15, -0.1) is 0 Å². The highest BCUT2D eigenvalue weighted by Crippen LogP contribution is 2.45. The number of carbonyl (C=O) groups excluding carboxylic acids is 1. The van der Waals surface area contributed by atoms with Gasteiger partial charge in [-0.25, -0.2) is 4.98 Å². The summed E-state index contributed by atoms with van der Waals surface area (Å²) in [4.78, 5) is 35.3. The van der Waals surface area contributed by atoms with Gasteiger partial charge in [-0.1, -0.05) is 63.2 Å². The van der Waals surface area contributed by atoms with Crippen LogP contribution in [0.2, 0.25) is 0 Å². The number of para-hydroxylation sites is 3. The van der Waals surface area contributed by atoms with Gasteiger partial charge >= 0.3 is 5.97 Å². The summed E-state index contributed by atoms with van der Waals surface area (Å²) in [5.41, 5.74) is 5.57. The Hall–Kier alpha value is -4.13. The summed E-state index contributed by atoms with van der Waals surface area (Å²) in [7, 11) is 0. The number of nitrogens with one attached hydrogen (secondary N) is 2. The second-order valence-electron chi connectivity index (χ2n) is 11.8. The molecule has 0 saturated carbocycles. The maximum absolute atomic E-state index is 13.2. The lowest BCUT2D eigenvalue weighted by molar-refractivity contribution is -0.147. The predicted molar refractivity (Wildman–Crippen MR) is 160 cm³/mol. The van der Waals surface area contributed by atoms with E-state index in [9.17, 15) is 14.7 Å². The third kappa shape index (κ3) is 6.03. The van der Waals surface area contributed by atoms with Crippen molar-refractivity contribution in [1.82, 2.24) is 9.97 Å². The number of nitrogens with zero attached hydrogens (tertiary/aromatic N) is 2. The fraction of sp³-hybridized carbons (Fsp3) is 0.364. The number of carboxylic acids is 1. The molecule has 0 bridgehead atoms. The van der Waals surface area contributed by atoms with Crippen molar-refractivity contribution in [2.24, 2.45) is 11.3 Å². The summed E-state index contributed by atoms with van der Waals surface area (Å²) < 4.78 is 0. The lowest BCUT2D eigenvalue weighted by Crippen LogP contribution is -2.34. The van der Waals surface area contributed by atoms with Crippen LogP contribution in [0.15, 0.2) is 72.8 Å². The summed E-state index contributed by atoms with van der Waals surface area (Å²) in [6, 6.07) is 24.2. The third-order valence-electron chi connectivity index (χ3n) is 7.90. The van der Waals surface area contributed by atoms with E-state index in [0.29, 0.717) is 19.4 Å². The molecule has 0 saturated heterocycles. The highest BCUT2D eigenvalue weighted by atomic mass is 16.4. The van der Waals surface area contributed by atoms with E-state index in [1.54, 1.807) is 0 Å². The van der Waals surface area contributed by atoms with Crippen molar-refractivity contribution in [3.05, 3.63) is 83.9 Å². The molecule has 0 fully saturated rings. The minimum Gasteiger partial charge on any atom is -0.481 e. The maximum Gasteiger partial charge on any atom is 0.307 e. The fourth-order valence-corrected chi connectivity index (χ4v) is 5.99. The molecule has 0 spiro atoms. The SMILES string of the molecule is CC(C)(C)C(C(=O)O)C1CCC(=O)N(CCCCc2ccc(Nc3nc4ccccc4[nH]3)cc2)c2ccccc21. The van der Waals surface area contributed by atoms with E-state index in [2.05, 4.69) is 39.6 Å². The van der Waals surface area contributed by atoms with Crippen LogP contribution in [-0.4, -0.2) is 33.5 Å². The van der Waals surface area contributed by atoms with Gasteiger partial charge in [-0.05, 0) is 72.6 Å². The Labute approximate surface area is 235 Å². The Morgan fingerprint density at radius 3 is 2.50 bits per heavy atom. The number of carbonyl (C=O) groups is 2. The largest absolute Gasteiger partial charge is 0.481 e. The molecule has 40 heavy (non-hydrogen) atoms. The highest BCUT2D eigenvalue weighted by Gasteiger charge is 2.41. The van der Waals surface area contributed by atoms with Crippen LogP contribution in [-0.2, 0) is 16.0 Å². The van der Waals surface area contributed by atoms with E-state index >= 15 is 0 Å². The molecule has 1 aromatic heterocycles. The van der Waals surface area contributed by atoms with Crippen LogP contribution in [0.25, 0.3) is 11.0 Å². The zero-order valence-corrected chi connectivity index (χ0v) is 23.5. The molecule has 3 N–H and O–H groups in total. The summed E-state index contributed by atoms with van der Waals surface area (Å²) in [6.45, 7) is 6.54. The van der Waals surface area contributed by atoms with Crippen molar-refractivity contribution < 1.29 is 14.7 Å². The average Bonchev–Trinajstić information content (AvgIpc) is 3.27. The first-order valence-corrected chi connectivity index (χ1v) is 14.1. The summed E-state index contributed by atoms with van der Waals surface area (Å²) in [6.07, 6.45) is 3.65. The summed E-state index contributed by atoms with van der Waals surface area (Å²) in [5.74, 6) is -0.767. The molecule has 2 atom stereocenters. The van der Waals surface area contributed by atoms with Gasteiger partial charge in [0.1, 0.15) is 0 Å². The maximum atomic E-state index is 13.2. The number of fused-ring (bicyclic) bond motifs is 2. The van der Waals surface area contributed by atoms with E-state index in [0.717, 1.165) is 53.2 Å². The lowest BCUT2D eigenvalue weighted by Gasteiger charge is -2.34.